The minimum Gasteiger partial charge on any atom is -0.376 e. The SMILES string of the molecule is CCCn1ncc(Cl)c1C(NC)C1(OC)CCCC1. The molecule has 1 atom stereocenters. The van der Waals surface area contributed by atoms with Crippen molar-refractivity contribution in [2.45, 2.75) is 57.2 Å². The van der Waals surface area contributed by atoms with Gasteiger partial charge in [-0.15, -0.1) is 0 Å². The van der Waals surface area contributed by atoms with E-state index in [0.29, 0.717) is 0 Å². The molecule has 4 nitrogen and oxygen atoms in total. The van der Waals surface area contributed by atoms with Gasteiger partial charge < -0.3 is 10.1 Å². The van der Waals surface area contributed by atoms with E-state index in [2.05, 4.69) is 17.3 Å². The molecule has 1 fully saturated rings. The Morgan fingerprint density at radius 1 is 1.53 bits per heavy atom. The Morgan fingerprint density at radius 2 is 2.21 bits per heavy atom. The maximum Gasteiger partial charge on any atom is 0.0888 e. The third kappa shape index (κ3) is 2.67. The lowest BCUT2D eigenvalue weighted by molar-refractivity contribution is -0.0370. The molecular weight excluding hydrogens is 262 g/mol. The molecule has 1 aromatic rings. The lowest BCUT2D eigenvalue weighted by atomic mass is 9.89. The van der Waals surface area contributed by atoms with Crippen LogP contribution in [-0.4, -0.2) is 29.5 Å². The third-order valence-electron chi connectivity index (χ3n) is 4.21. The number of nitrogens with zero attached hydrogens (tertiary/aromatic N) is 2. The molecule has 0 aliphatic heterocycles. The second-order valence-corrected chi connectivity index (χ2v) is 5.71. The lowest BCUT2D eigenvalue weighted by Gasteiger charge is -2.36. The molecule has 1 aromatic heterocycles. The average Bonchev–Trinajstić information content (AvgIpc) is 3.02. The lowest BCUT2D eigenvalue weighted by Crippen LogP contribution is -2.43. The zero-order valence-electron chi connectivity index (χ0n) is 12.1. The first kappa shape index (κ1) is 14.8. The van der Waals surface area contributed by atoms with Gasteiger partial charge in [-0.25, -0.2) is 0 Å². The molecular formula is C14H24ClN3O. The Morgan fingerprint density at radius 3 is 2.74 bits per heavy atom. The average molecular weight is 286 g/mol. The molecule has 1 aliphatic carbocycles. The Kier molecular flexibility index (Phi) is 4.87. The van der Waals surface area contributed by atoms with E-state index in [1.54, 1.807) is 6.20 Å². The molecule has 108 valence electrons. The van der Waals surface area contributed by atoms with Crippen LogP contribution < -0.4 is 5.32 Å². The van der Waals surface area contributed by atoms with Gasteiger partial charge in [-0.1, -0.05) is 31.4 Å². The maximum atomic E-state index is 6.37. The molecule has 1 aliphatic rings. The predicted molar refractivity (Wildman–Crippen MR) is 77.5 cm³/mol. The van der Waals surface area contributed by atoms with Gasteiger partial charge in [-0.2, -0.15) is 5.10 Å². The predicted octanol–water partition coefficient (Wildman–Crippen LogP) is 3.17. The summed E-state index contributed by atoms with van der Waals surface area (Å²) >= 11 is 6.37. The number of ether oxygens (including phenoxy) is 1. The Balaban J connectivity index is 2.38. The number of nitrogens with one attached hydrogen (secondary N) is 1. The van der Waals surface area contributed by atoms with Crippen molar-refractivity contribution >= 4 is 11.6 Å². The van der Waals surface area contributed by atoms with Crippen LogP contribution in [0.5, 0.6) is 0 Å². The van der Waals surface area contributed by atoms with Gasteiger partial charge in [0.2, 0.25) is 0 Å². The van der Waals surface area contributed by atoms with Gasteiger partial charge in [0, 0.05) is 13.7 Å². The fraction of sp³-hybridized carbons (Fsp3) is 0.786. The van der Waals surface area contributed by atoms with Crippen molar-refractivity contribution in [1.29, 1.82) is 0 Å². The van der Waals surface area contributed by atoms with Crippen LogP contribution in [0.2, 0.25) is 5.02 Å². The highest BCUT2D eigenvalue weighted by Crippen LogP contribution is 2.43. The van der Waals surface area contributed by atoms with E-state index in [4.69, 9.17) is 16.3 Å². The standard InChI is InChI=1S/C14H24ClN3O/c1-4-9-18-12(11(15)10-17-18)13(16-2)14(19-3)7-5-6-8-14/h10,13,16H,4-9H2,1-3H3. The van der Waals surface area contributed by atoms with Crippen molar-refractivity contribution in [1.82, 2.24) is 15.1 Å². The van der Waals surface area contributed by atoms with Crippen LogP contribution in [0.15, 0.2) is 6.20 Å². The van der Waals surface area contributed by atoms with Crippen LogP contribution in [0.3, 0.4) is 0 Å². The van der Waals surface area contributed by atoms with E-state index in [0.717, 1.165) is 36.5 Å². The first-order valence-electron chi connectivity index (χ1n) is 7.12. The Labute approximate surface area is 120 Å². The highest BCUT2D eigenvalue weighted by molar-refractivity contribution is 6.31. The van der Waals surface area contributed by atoms with Crippen LogP contribution in [0, 0.1) is 0 Å². The van der Waals surface area contributed by atoms with Crippen molar-refractivity contribution in [2.24, 2.45) is 0 Å². The van der Waals surface area contributed by atoms with E-state index in [1.165, 1.54) is 12.8 Å². The normalized spacial score (nSPS) is 19.8. The largest absolute Gasteiger partial charge is 0.376 e. The summed E-state index contributed by atoms with van der Waals surface area (Å²) in [5, 5.41) is 8.54. The highest BCUT2D eigenvalue weighted by Gasteiger charge is 2.44. The number of rotatable bonds is 6. The van der Waals surface area contributed by atoms with Crippen molar-refractivity contribution in [3.63, 3.8) is 0 Å². The number of likely N-dealkylation sites (N-methyl/N-ethyl adjacent to an activating group) is 1. The molecule has 1 saturated carbocycles. The van der Waals surface area contributed by atoms with Crippen molar-refractivity contribution in [2.75, 3.05) is 14.2 Å². The third-order valence-corrected chi connectivity index (χ3v) is 4.50. The summed E-state index contributed by atoms with van der Waals surface area (Å²) in [6.07, 6.45) is 7.36. The molecule has 19 heavy (non-hydrogen) atoms. The fourth-order valence-electron chi connectivity index (χ4n) is 3.28. The van der Waals surface area contributed by atoms with Crippen LogP contribution in [-0.2, 0) is 11.3 Å². The molecule has 0 bridgehead atoms. The minimum atomic E-state index is -0.149. The van der Waals surface area contributed by atoms with Gasteiger partial charge in [-0.05, 0) is 26.3 Å². The summed E-state index contributed by atoms with van der Waals surface area (Å²) in [6, 6.07) is 0.0987. The Hall–Kier alpha value is -0.580. The number of hydrogen-bond acceptors (Lipinski definition) is 3. The van der Waals surface area contributed by atoms with E-state index in [9.17, 15) is 0 Å². The number of aromatic nitrogens is 2. The molecule has 0 amide bonds. The molecule has 0 spiro atoms. The van der Waals surface area contributed by atoms with Gasteiger partial charge >= 0.3 is 0 Å². The Bertz CT molecular complexity index is 413. The van der Waals surface area contributed by atoms with Crippen LogP contribution in [0.1, 0.15) is 50.8 Å². The second-order valence-electron chi connectivity index (χ2n) is 5.30. The number of aryl methyl sites for hydroxylation is 1. The number of halogens is 1. The van der Waals surface area contributed by atoms with E-state index >= 15 is 0 Å². The summed E-state index contributed by atoms with van der Waals surface area (Å²) in [5.41, 5.74) is 0.916. The minimum absolute atomic E-state index is 0.0987. The molecule has 0 radical (unpaired) electrons. The monoisotopic (exact) mass is 285 g/mol. The summed E-state index contributed by atoms with van der Waals surface area (Å²) in [4.78, 5) is 0. The molecule has 1 unspecified atom stereocenters. The molecule has 1 N–H and O–H groups in total. The number of hydrogen-bond donors (Lipinski definition) is 1. The molecule has 2 rings (SSSR count). The zero-order valence-corrected chi connectivity index (χ0v) is 12.8. The van der Waals surface area contributed by atoms with E-state index in [-0.39, 0.29) is 11.6 Å². The highest BCUT2D eigenvalue weighted by atomic mass is 35.5. The fourth-order valence-corrected chi connectivity index (χ4v) is 3.53. The van der Waals surface area contributed by atoms with Gasteiger partial charge in [-0.3, -0.25) is 4.68 Å². The van der Waals surface area contributed by atoms with E-state index < -0.39 is 0 Å². The van der Waals surface area contributed by atoms with Crippen molar-refractivity contribution in [3.8, 4) is 0 Å². The summed E-state index contributed by atoms with van der Waals surface area (Å²) < 4.78 is 7.92. The van der Waals surface area contributed by atoms with E-state index in [1.807, 2.05) is 18.8 Å². The van der Waals surface area contributed by atoms with Crippen LogP contribution in [0.4, 0.5) is 0 Å². The topological polar surface area (TPSA) is 39.1 Å². The molecule has 1 heterocycles. The van der Waals surface area contributed by atoms with Crippen LogP contribution >= 0.6 is 11.6 Å². The second kappa shape index (κ2) is 6.25. The van der Waals surface area contributed by atoms with Gasteiger partial charge in [0.15, 0.2) is 0 Å². The van der Waals surface area contributed by atoms with Crippen molar-refractivity contribution < 1.29 is 4.74 Å². The quantitative estimate of drug-likeness (QED) is 0.873. The first-order valence-corrected chi connectivity index (χ1v) is 7.50. The van der Waals surface area contributed by atoms with Crippen LogP contribution in [0.25, 0.3) is 0 Å². The summed E-state index contributed by atoms with van der Waals surface area (Å²) in [6.45, 7) is 3.04. The molecule has 0 saturated heterocycles. The number of methoxy groups -OCH3 is 1. The first-order chi connectivity index (χ1) is 9.18. The summed E-state index contributed by atoms with van der Waals surface area (Å²) in [7, 11) is 3.79. The molecule has 5 heteroatoms. The van der Waals surface area contributed by atoms with Crippen molar-refractivity contribution in [3.05, 3.63) is 16.9 Å². The smallest absolute Gasteiger partial charge is 0.0888 e. The summed E-state index contributed by atoms with van der Waals surface area (Å²) in [5.74, 6) is 0. The molecule has 0 aromatic carbocycles. The van der Waals surface area contributed by atoms with Gasteiger partial charge in [0.05, 0.1) is 28.6 Å². The zero-order chi connectivity index (χ0) is 13.9. The van der Waals surface area contributed by atoms with Gasteiger partial charge in [0.25, 0.3) is 0 Å². The maximum absolute atomic E-state index is 6.37. The van der Waals surface area contributed by atoms with Gasteiger partial charge in [0.1, 0.15) is 0 Å².